The van der Waals surface area contributed by atoms with Crippen LogP contribution in [-0.4, -0.2) is 24.1 Å². The molecule has 4 nitrogen and oxygen atoms in total. The van der Waals surface area contributed by atoms with Crippen molar-refractivity contribution in [3.8, 4) is 17.2 Å². The van der Waals surface area contributed by atoms with E-state index < -0.39 is 0 Å². The van der Waals surface area contributed by atoms with Gasteiger partial charge in [-0.1, -0.05) is 0 Å². The van der Waals surface area contributed by atoms with Crippen LogP contribution in [0.5, 0.6) is 17.2 Å². The van der Waals surface area contributed by atoms with Crippen LogP contribution >= 0.6 is 0 Å². The van der Waals surface area contributed by atoms with E-state index >= 15 is 0 Å². The minimum Gasteiger partial charge on any atom is -0.507 e. The topological polar surface area (TPSA) is 55.8 Å². The van der Waals surface area contributed by atoms with Gasteiger partial charge in [0.15, 0.2) is 17.3 Å². The Morgan fingerprint density at radius 3 is 2.79 bits per heavy atom. The molecule has 74 valence electrons. The Bertz CT molecular complexity index is 384. The van der Waals surface area contributed by atoms with Gasteiger partial charge in [-0.05, 0) is 19.1 Å². The normalized spacial score (nSPS) is 13.8. The molecule has 1 aromatic rings. The fourth-order valence-corrected chi connectivity index (χ4v) is 1.45. The lowest BCUT2D eigenvalue weighted by Gasteiger charge is -2.20. The zero-order valence-corrected chi connectivity index (χ0v) is 7.74. The number of ether oxygens (including phenoxy) is 2. The van der Waals surface area contributed by atoms with Crippen molar-refractivity contribution in [1.82, 2.24) is 0 Å². The first-order valence-corrected chi connectivity index (χ1v) is 4.32. The minimum atomic E-state index is -0.232. The fourth-order valence-electron chi connectivity index (χ4n) is 1.45. The zero-order valence-electron chi connectivity index (χ0n) is 7.74. The number of ketones is 1. The van der Waals surface area contributed by atoms with Crippen molar-refractivity contribution in [2.24, 2.45) is 0 Å². The minimum absolute atomic E-state index is 0.0678. The molecule has 0 aliphatic carbocycles. The third-order valence-electron chi connectivity index (χ3n) is 2.04. The Kier molecular flexibility index (Phi) is 2.04. The van der Waals surface area contributed by atoms with Gasteiger partial charge in [-0.15, -0.1) is 0 Å². The number of phenolic OH excluding ortho intramolecular Hbond substituents is 1. The Morgan fingerprint density at radius 2 is 2.07 bits per heavy atom. The maximum absolute atomic E-state index is 11.2. The van der Waals surface area contributed by atoms with Gasteiger partial charge in [-0.25, -0.2) is 0 Å². The van der Waals surface area contributed by atoms with Crippen molar-refractivity contribution >= 4 is 5.78 Å². The monoisotopic (exact) mass is 194 g/mol. The summed E-state index contributed by atoms with van der Waals surface area (Å²) in [6.45, 7) is 2.25. The van der Waals surface area contributed by atoms with Gasteiger partial charge in [0.1, 0.15) is 24.5 Å². The van der Waals surface area contributed by atoms with Gasteiger partial charge in [0.25, 0.3) is 0 Å². The van der Waals surface area contributed by atoms with Crippen LogP contribution in [0, 0.1) is 0 Å². The molecule has 0 unspecified atom stereocenters. The first-order valence-electron chi connectivity index (χ1n) is 4.32. The number of phenols is 1. The number of rotatable bonds is 1. The van der Waals surface area contributed by atoms with E-state index in [1.54, 1.807) is 6.07 Å². The van der Waals surface area contributed by atoms with Crippen molar-refractivity contribution < 1.29 is 19.4 Å². The van der Waals surface area contributed by atoms with Crippen LogP contribution in [-0.2, 0) is 0 Å². The van der Waals surface area contributed by atoms with E-state index in [9.17, 15) is 9.90 Å². The van der Waals surface area contributed by atoms with Gasteiger partial charge in [-0.2, -0.15) is 0 Å². The van der Waals surface area contributed by atoms with Gasteiger partial charge in [0, 0.05) is 0 Å². The van der Waals surface area contributed by atoms with Crippen molar-refractivity contribution in [3.63, 3.8) is 0 Å². The molecule has 0 aromatic heterocycles. The zero-order chi connectivity index (χ0) is 10.1. The van der Waals surface area contributed by atoms with Gasteiger partial charge in [-0.3, -0.25) is 4.79 Å². The van der Waals surface area contributed by atoms with Gasteiger partial charge < -0.3 is 14.6 Å². The molecule has 0 bridgehead atoms. The summed E-state index contributed by atoms with van der Waals surface area (Å²) in [6.07, 6.45) is 0. The van der Waals surface area contributed by atoms with Gasteiger partial charge in [0.05, 0.1) is 0 Å². The molecule has 0 fully saturated rings. The van der Waals surface area contributed by atoms with Crippen molar-refractivity contribution in [2.45, 2.75) is 6.92 Å². The summed E-state index contributed by atoms with van der Waals surface area (Å²) in [5.74, 6) is 0.564. The molecule has 0 spiro atoms. The SMILES string of the molecule is CC(=O)c1c(O)ccc2c1OCCO2. The molecule has 1 N–H and O–H groups in total. The number of carbonyl (C=O) groups is 1. The van der Waals surface area contributed by atoms with Gasteiger partial charge >= 0.3 is 0 Å². The second kappa shape index (κ2) is 3.21. The summed E-state index contributed by atoms with van der Waals surface area (Å²) in [6, 6.07) is 3.03. The Morgan fingerprint density at radius 1 is 1.36 bits per heavy atom. The smallest absolute Gasteiger partial charge is 0.175 e. The predicted octanol–water partition coefficient (Wildman–Crippen LogP) is 1.37. The molecule has 4 heteroatoms. The summed E-state index contributed by atoms with van der Waals surface area (Å²) < 4.78 is 10.6. The van der Waals surface area contributed by atoms with Crippen LogP contribution in [0.4, 0.5) is 0 Å². The number of carbonyl (C=O) groups excluding carboxylic acids is 1. The highest BCUT2D eigenvalue weighted by molar-refractivity contribution is 6.00. The van der Waals surface area contributed by atoms with E-state index in [0.29, 0.717) is 24.7 Å². The molecule has 0 atom stereocenters. The van der Waals surface area contributed by atoms with Crippen LogP contribution in [0.15, 0.2) is 12.1 Å². The Labute approximate surface area is 81.1 Å². The van der Waals surface area contributed by atoms with Crippen molar-refractivity contribution in [2.75, 3.05) is 13.2 Å². The summed E-state index contributed by atoms with van der Waals surface area (Å²) in [5, 5.41) is 9.48. The van der Waals surface area contributed by atoms with Crippen LogP contribution in [0.1, 0.15) is 17.3 Å². The lowest BCUT2D eigenvalue weighted by molar-refractivity contribution is 0.0998. The maximum atomic E-state index is 11.2. The quantitative estimate of drug-likeness (QED) is 0.686. The highest BCUT2D eigenvalue weighted by Crippen LogP contribution is 2.38. The number of Topliss-reactive ketones (excluding diaryl/α,β-unsaturated/α-hetero) is 1. The van der Waals surface area contributed by atoms with Crippen molar-refractivity contribution in [1.29, 1.82) is 0 Å². The second-order valence-electron chi connectivity index (χ2n) is 3.04. The first kappa shape index (κ1) is 8.87. The molecule has 0 amide bonds. The second-order valence-corrected chi connectivity index (χ2v) is 3.04. The van der Waals surface area contributed by atoms with Crippen LogP contribution < -0.4 is 9.47 Å². The predicted molar refractivity (Wildman–Crippen MR) is 49.1 cm³/mol. The molecular weight excluding hydrogens is 184 g/mol. The van der Waals surface area contributed by atoms with Gasteiger partial charge in [0.2, 0.25) is 0 Å². The van der Waals surface area contributed by atoms with E-state index in [1.165, 1.54) is 13.0 Å². The maximum Gasteiger partial charge on any atom is 0.175 e. The van der Waals surface area contributed by atoms with E-state index in [-0.39, 0.29) is 17.1 Å². The summed E-state index contributed by atoms with van der Waals surface area (Å²) in [4.78, 5) is 11.2. The molecular formula is C10H10O4. The number of hydrogen-bond acceptors (Lipinski definition) is 4. The van der Waals surface area contributed by atoms with E-state index in [0.717, 1.165) is 0 Å². The summed E-state index contributed by atoms with van der Waals surface area (Å²) in [7, 11) is 0. The molecule has 0 saturated carbocycles. The van der Waals surface area contributed by atoms with E-state index in [2.05, 4.69) is 0 Å². The lowest BCUT2D eigenvalue weighted by atomic mass is 10.1. The molecule has 2 rings (SSSR count). The fraction of sp³-hybridized carbons (Fsp3) is 0.300. The van der Waals surface area contributed by atoms with E-state index in [4.69, 9.17) is 9.47 Å². The molecule has 0 saturated heterocycles. The molecule has 0 radical (unpaired) electrons. The lowest BCUT2D eigenvalue weighted by Crippen LogP contribution is -2.17. The van der Waals surface area contributed by atoms with Crippen LogP contribution in [0.3, 0.4) is 0 Å². The highest BCUT2D eigenvalue weighted by Gasteiger charge is 2.21. The molecule has 1 aromatic carbocycles. The van der Waals surface area contributed by atoms with Crippen LogP contribution in [0.2, 0.25) is 0 Å². The van der Waals surface area contributed by atoms with Crippen LogP contribution in [0.25, 0.3) is 0 Å². The molecule has 1 aliphatic heterocycles. The third-order valence-corrected chi connectivity index (χ3v) is 2.04. The van der Waals surface area contributed by atoms with E-state index in [1.807, 2.05) is 0 Å². The number of benzene rings is 1. The molecule has 14 heavy (non-hydrogen) atoms. The first-order chi connectivity index (χ1) is 6.70. The standard InChI is InChI=1S/C10H10O4/c1-6(11)9-7(12)2-3-8-10(9)14-5-4-13-8/h2-3,12H,4-5H2,1H3. The number of aromatic hydroxyl groups is 1. The summed E-state index contributed by atoms with van der Waals surface area (Å²) in [5.41, 5.74) is 0.196. The number of fused-ring (bicyclic) bond motifs is 1. The van der Waals surface area contributed by atoms with Crippen molar-refractivity contribution in [3.05, 3.63) is 17.7 Å². The third kappa shape index (κ3) is 1.28. The Hall–Kier alpha value is -1.71. The molecule has 1 aliphatic rings. The largest absolute Gasteiger partial charge is 0.507 e. The summed E-state index contributed by atoms with van der Waals surface area (Å²) >= 11 is 0. The average Bonchev–Trinajstić information content (AvgIpc) is 2.17. The average molecular weight is 194 g/mol. The number of hydrogen-bond donors (Lipinski definition) is 1. The highest BCUT2D eigenvalue weighted by atomic mass is 16.6. The molecule has 1 heterocycles. The Balaban J connectivity index is 2.60.